The van der Waals surface area contributed by atoms with Gasteiger partial charge in [0.25, 0.3) is 0 Å². The first kappa shape index (κ1) is 36.5. The van der Waals surface area contributed by atoms with Gasteiger partial charge in [0, 0.05) is 39.3 Å². The van der Waals surface area contributed by atoms with Crippen LogP contribution in [-0.4, -0.2) is 155 Å². The number of amides is 1. The monoisotopic (exact) mass is 608 g/mol. The van der Waals surface area contributed by atoms with Gasteiger partial charge in [-0.25, -0.2) is 0 Å². The highest BCUT2D eigenvalue weighted by Gasteiger charge is 2.43. The number of carbonyl (C=O) groups is 5. The van der Waals surface area contributed by atoms with E-state index in [1.54, 1.807) is 6.92 Å². The Kier molecular flexibility index (Phi) is 15.5. The Morgan fingerprint density at radius 1 is 0.692 bits per heavy atom. The van der Waals surface area contributed by atoms with E-state index in [-0.39, 0.29) is 32.7 Å². The van der Waals surface area contributed by atoms with Crippen LogP contribution in [0.5, 0.6) is 0 Å². The number of carboxylic acids is 4. The minimum Gasteiger partial charge on any atom is -0.481 e. The zero-order valence-corrected chi connectivity index (χ0v) is 22.7. The molecule has 0 aromatic heterocycles. The third kappa shape index (κ3) is 15.6. The molecule has 19 nitrogen and oxygen atoms in total. The topological polar surface area (TPSA) is 303 Å². The minimum atomic E-state index is -5.31. The molecule has 0 aromatic rings. The fourth-order valence-corrected chi connectivity index (χ4v) is 5.45. The minimum absolute atomic E-state index is 0.0167. The van der Waals surface area contributed by atoms with Gasteiger partial charge >= 0.3 is 39.1 Å². The fraction of sp³-hybridized carbons (Fsp3) is 0.722. The van der Waals surface area contributed by atoms with Crippen molar-refractivity contribution in [3.63, 3.8) is 0 Å². The summed E-state index contributed by atoms with van der Waals surface area (Å²) in [6, 6.07) is 0. The molecule has 0 atom stereocenters. The van der Waals surface area contributed by atoms with E-state index < -0.39 is 82.5 Å². The van der Waals surface area contributed by atoms with Gasteiger partial charge in [-0.05, 0) is 6.54 Å². The Balaban J connectivity index is 5.64. The van der Waals surface area contributed by atoms with Crippen molar-refractivity contribution in [2.24, 2.45) is 5.92 Å². The third-order valence-corrected chi connectivity index (χ3v) is 9.02. The Labute approximate surface area is 222 Å². The van der Waals surface area contributed by atoms with E-state index in [0.29, 0.717) is 6.54 Å². The van der Waals surface area contributed by atoms with Gasteiger partial charge in [-0.15, -0.1) is 0 Å². The molecule has 9 N–H and O–H groups in total. The summed E-state index contributed by atoms with van der Waals surface area (Å²) in [7, 11) is -10.6. The van der Waals surface area contributed by atoms with Crippen LogP contribution in [0.25, 0.3) is 0 Å². The van der Waals surface area contributed by atoms with Crippen molar-refractivity contribution < 1.29 is 73.1 Å². The molecule has 1 amide bonds. The number of nitrogens with zero attached hydrogens (tertiary/aromatic N) is 3. The lowest BCUT2D eigenvalue weighted by Crippen LogP contribution is -2.47. The van der Waals surface area contributed by atoms with Gasteiger partial charge < -0.3 is 45.3 Å². The predicted octanol–water partition coefficient (Wildman–Crippen LogP) is -3.34. The number of rotatable bonds is 21. The Morgan fingerprint density at radius 3 is 1.49 bits per heavy atom. The molecular formula is C18H34N4O15P2. The second kappa shape index (κ2) is 16.6. The molecule has 0 fully saturated rings. The summed E-state index contributed by atoms with van der Waals surface area (Å²) in [4.78, 5) is 97.7. The molecule has 0 unspecified atom stereocenters. The van der Waals surface area contributed by atoms with Crippen molar-refractivity contribution in [1.82, 2.24) is 20.0 Å². The van der Waals surface area contributed by atoms with E-state index in [0.717, 1.165) is 4.90 Å². The number of carboxylic acid groups (broad SMARTS) is 4. The van der Waals surface area contributed by atoms with Gasteiger partial charge in [-0.3, -0.25) is 47.8 Å². The molecular weight excluding hydrogens is 574 g/mol. The van der Waals surface area contributed by atoms with E-state index in [9.17, 15) is 52.7 Å². The van der Waals surface area contributed by atoms with E-state index in [1.807, 2.05) is 5.32 Å². The van der Waals surface area contributed by atoms with Crippen LogP contribution in [0.3, 0.4) is 0 Å². The quantitative estimate of drug-likeness (QED) is 0.0454. The van der Waals surface area contributed by atoms with Crippen molar-refractivity contribution in [3.8, 4) is 0 Å². The number of hydrogen-bond acceptors (Lipinski definition) is 10. The smallest absolute Gasteiger partial charge is 0.342 e. The molecule has 0 aliphatic heterocycles. The molecule has 0 radical (unpaired) electrons. The van der Waals surface area contributed by atoms with Crippen molar-refractivity contribution in [1.29, 1.82) is 0 Å². The highest BCUT2D eigenvalue weighted by atomic mass is 31.2. The van der Waals surface area contributed by atoms with Gasteiger partial charge in [0.15, 0.2) is 11.3 Å². The zero-order chi connectivity index (χ0) is 30.6. The van der Waals surface area contributed by atoms with Crippen LogP contribution >= 0.6 is 15.2 Å². The first-order chi connectivity index (χ1) is 17.8. The van der Waals surface area contributed by atoms with Crippen LogP contribution in [0, 0.1) is 5.92 Å². The predicted molar refractivity (Wildman–Crippen MR) is 130 cm³/mol. The van der Waals surface area contributed by atoms with Crippen LogP contribution in [0.2, 0.25) is 0 Å². The number of nitrogens with one attached hydrogen (secondary N) is 1. The highest BCUT2D eigenvalue weighted by molar-refractivity contribution is 7.70. The largest absolute Gasteiger partial charge is 0.481 e. The summed E-state index contributed by atoms with van der Waals surface area (Å²) in [5.74, 6) is -8.83. The van der Waals surface area contributed by atoms with Gasteiger partial charge in [0.1, 0.15) is 0 Å². The van der Waals surface area contributed by atoms with Crippen molar-refractivity contribution in [2.75, 3.05) is 65.4 Å². The lowest BCUT2D eigenvalue weighted by atomic mass is 10.1. The summed E-state index contributed by atoms with van der Waals surface area (Å²) in [6.45, 7) is -1.83. The standard InChI is InChI=1S/C18H34N4O15P2/c1-2-20(10-14(24)25)3-4-21(9-13(23)19-7-16(38(32,33)34)39(35,36)37)5-6-22(11-15(26)27)8-12(17(28)29)18(30)31/h12,16H,2-11H2,1H3,(H,19,23)(H,24,25)(H,26,27)(H,28,29)(H,30,31)(H2,32,33,34)(H2,35,36,37). The van der Waals surface area contributed by atoms with Gasteiger partial charge in [-0.2, -0.15) is 0 Å². The molecule has 0 spiro atoms. The molecule has 0 saturated heterocycles. The van der Waals surface area contributed by atoms with E-state index in [2.05, 4.69) is 0 Å². The molecule has 0 aliphatic carbocycles. The average molecular weight is 608 g/mol. The number of likely N-dealkylation sites (N-methyl/N-ethyl adjacent to an activating group) is 1. The molecule has 39 heavy (non-hydrogen) atoms. The SMILES string of the molecule is CCN(CCN(CCN(CC(=O)O)CC(C(=O)O)C(=O)O)CC(=O)NCC(P(=O)(O)O)P(=O)(O)O)CC(=O)O. The van der Waals surface area contributed by atoms with E-state index in [4.69, 9.17) is 20.4 Å². The molecule has 0 saturated carbocycles. The zero-order valence-electron chi connectivity index (χ0n) is 20.9. The lowest BCUT2D eigenvalue weighted by molar-refractivity contribution is -0.156. The fourth-order valence-electron chi connectivity index (χ4n) is 3.22. The molecule has 0 rings (SSSR count). The maximum absolute atomic E-state index is 12.5. The van der Waals surface area contributed by atoms with Crippen LogP contribution in [0.4, 0.5) is 0 Å². The summed E-state index contributed by atoms with van der Waals surface area (Å²) in [6.07, 6.45) is 0. The van der Waals surface area contributed by atoms with Gasteiger partial charge in [0.2, 0.25) is 5.91 Å². The molecule has 21 heteroatoms. The average Bonchev–Trinajstić information content (AvgIpc) is 2.74. The van der Waals surface area contributed by atoms with Gasteiger partial charge in [0.05, 0.1) is 19.6 Å². The Hall–Kier alpha value is -2.47. The van der Waals surface area contributed by atoms with Crippen molar-refractivity contribution in [2.45, 2.75) is 12.3 Å². The van der Waals surface area contributed by atoms with Crippen LogP contribution in [-0.2, 0) is 33.1 Å². The highest BCUT2D eigenvalue weighted by Crippen LogP contribution is 2.59. The molecule has 0 bridgehead atoms. The maximum Gasteiger partial charge on any atom is 0.342 e. The summed E-state index contributed by atoms with van der Waals surface area (Å²) in [5.41, 5.74) is 0. The summed E-state index contributed by atoms with van der Waals surface area (Å²) in [5, 5.41) is 35.8. The summed E-state index contributed by atoms with van der Waals surface area (Å²) < 4.78 is 22.8. The number of hydrogen-bond donors (Lipinski definition) is 9. The molecule has 0 aliphatic rings. The Morgan fingerprint density at radius 2 is 1.10 bits per heavy atom. The first-order valence-electron chi connectivity index (χ1n) is 11.2. The number of carbonyl (C=O) groups excluding carboxylic acids is 1. The van der Waals surface area contributed by atoms with Crippen molar-refractivity contribution >= 4 is 45.0 Å². The maximum atomic E-state index is 12.5. The second-order valence-corrected chi connectivity index (χ2v) is 12.4. The van der Waals surface area contributed by atoms with Crippen LogP contribution in [0.15, 0.2) is 0 Å². The molecule has 0 aromatic carbocycles. The normalized spacial score (nSPS) is 12.5. The second-order valence-electron chi connectivity index (χ2n) is 8.36. The molecule has 226 valence electrons. The van der Waals surface area contributed by atoms with Crippen LogP contribution < -0.4 is 5.32 Å². The summed E-state index contributed by atoms with van der Waals surface area (Å²) >= 11 is 0. The Bertz CT molecular complexity index is 932. The first-order valence-corrected chi connectivity index (χ1v) is 14.6. The van der Waals surface area contributed by atoms with Crippen molar-refractivity contribution in [3.05, 3.63) is 0 Å². The lowest BCUT2D eigenvalue weighted by Gasteiger charge is -2.29. The van der Waals surface area contributed by atoms with Crippen LogP contribution in [0.1, 0.15) is 6.92 Å². The number of aliphatic carboxylic acids is 4. The van der Waals surface area contributed by atoms with E-state index in [1.165, 1.54) is 9.80 Å². The van der Waals surface area contributed by atoms with E-state index >= 15 is 0 Å². The molecule has 0 heterocycles. The van der Waals surface area contributed by atoms with Gasteiger partial charge in [-0.1, -0.05) is 6.92 Å². The third-order valence-electron chi connectivity index (χ3n) is 5.29.